The first-order chi connectivity index (χ1) is 15.3. The van der Waals surface area contributed by atoms with E-state index in [2.05, 4.69) is 37.1 Å². The van der Waals surface area contributed by atoms with Crippen LogP contribution in [0.2, 0.25) is 0 Å². The second-order valence-corrected chi connectivity index (χ2v) is 9.24. The van der Waals surface area contributed by atoms with Crippen LogP contribution in [0.4, 0.5) is 5.69 Å². The number of pyridine rings is 2. The van der Waals surface area contributed by atoms with Gasteiger partial charge in [-0.05, 0) is 74.4 Å². The lowest BCUT2D eigenvalue weighted by atomic mass is 9.73. The molecule has 2 saturated heterocycles. The van der Waals surface area contributed by atoms with Crippen LogP contribution < -0.4 is 16.2 Å². The van der Waals surface area contributed by atoms with E-state index < -0.39 is 0 Å². The molecule has 0 spiro atoms. The molecule has 31 heavy (non-hydrogen) atoms. The molecular formula is C24H32N6O. The van der Waals surface area contributed by atoms with Gasteiger partial charge in [0, 0.05) is 37.1 Å². The minimum absolute atomic E-state index is 0.00521. The molecule has 3 aliphatic rings. The smallest absolute Gasteiger partial charge is 0.243 e. The monoisotopic (exact) mass is 420 g/mol. The van der Waals surface area contributed by atoms with Crippen LogP contribution in [0, 0.1) is 5.92 Å². The first-order valence-corrected chi connectivity index (χ1v) is 11.6. The zero-order valence-corrected chi connectivity index (χ0v) is 18.0. The molecule has 0 bridgehead atoms. The van der Waals surface area contributed by atoms with Crippen LogP contribution in [0.15, 0.2) is 43.0 Å². The second-order valence-electron chi connectivity index (χ2n) is 9.24. The highest BCUT2D eigenvalue weighted by Gasteiger charge is 2.43. The van der Waals surface area contributed by atoms with Crippen molar-refractivity contribution < 1.29 is 4.79 Å². The van der Waals surface area contributed by atoms with Gasteiger partial charge in [-0.2, -0.15) is 0 Å². The minimum Gasteiger partial charge on any atom is -0.323 e. The Labute approximate surface area is 184 Å². The third-order valence-corrected chi connectivity index (χ3v) is 7.11. The van der Waals surface area contributed by atoms with Crippen LogP contribution in [0.3, 0.4) is 0 Å². The van der Waals surface area contributed by atoms with Crippen LogP contribution in [0.1, 0.15) is 55.6 Å². The minimum atomic E-state index is -0.238. The fraction of sp³-hybridized carbons (Fsp3) is 0.542. The standard InChI is InChI=1S/C24H32N6O/c31-24(27-20-5-4-8-25-15-20)23-21-12-18(6-7-22(21)28-29-23)19-11-17(13-26-14-19)16-30-9-2-1-3-10-30/h4-5,8,11,13-15,18,21-23,28-29H,1-3,6-7,9-10,12,16H2,(H,27,31). The van der Waals surface area contributed by atoms with Gasteiger partial charge in [0.05, 0.1) is 11.9 Å². The van der Waals surface area contributed by atoms with Crippen molar-refractivity contribution >= 4 is 11.6 Å². The number of hydrogen-bond acceptors (Lipinski definition) is 6. The number of hydrogen-bond donors (Lipinski definition) is 3. The fourth-order valence-corrected chi connectivity index (χ4v) is 5.47. The Morgan fingerprint density at radius 1 is 1.10 bits per heavy atom. The number of fused-ring (bicyclic) bond motifs is 1. The summed E-state index contributed by atoms with van der Waals surface area (Å²) in [5.41, 5.74) is 9.99. The number of amides is 1. The normalized spacial score (nSPS) is 28.8. The number of nitrogens with one attached hydrogen (secondary N) is 3. The van der Waals surface area contributed by atoms with E-state index in [0.29, 0.717) is 12.0 Å². The molecule has 1 amide bonds. The number of carbonyl (C=O) groups excluding carboxylic acids is 1. The summed E-state index contributed by atoms with van der Waals surface area (Å²) in [6.45, 7) is 3.39. The summed E-state index contributed by atoms with van der Waals surface area (Å²) in [6, 6.07) is 6.16. The summed E-state index contributed by atoms with van der Waals surface area (Å²) in [4.78, 5) is 24.1. The van der Waals surface area contributed by atoms with Crippen LogP contribution in [0.25, 0.3) is 0 Å². The summed E-state index contributed by atoms with van der Waals surface area (Å²) in [7, 11) is 0. The molecular weight excluding hydrogens is 388 g/mol. The highest BCUT2D eigenvalue weighted by molar-refractivity contribution is 5.95. The molecule has 1 aliphatic carbocycles. The van der Waals surface area contributed by atoms with E-state index >= 15 is 0 Å². The molecule has 0 aromatic carbocycles. The maximum absolute atomic E-state index is 12.9. The number of likely N-dealkylation sites (tertiary alicyclic amines) is 1. The Morgan fingerprint density at radius 2 is 2.00 bits per heavy atom. The van der Waals surface area contributed by atoms with Crippen LogP contribution >= 0.6 is 0 Å². The average molecular weight is 421 g/mol. The molecule has 4 atom stereocenters. The van der Waals surface area contributed by atoms with E-state index in [1.165, 1.54) is 43.5 Å². The van der Waals surface area contributed by atoms with Crippen molar-refractivity contribution in [3.05, 3.63) is 54.1 Å². The van der Waals surface area contributed by atoms with Gasteiger partial charge in [0.2, 0.25) is 5.91 Å². The second kappa shape index (κ2) is 9.42. The molecule has 164 valence electrons. The SMILES string of the molecule is O=C(Nc1cccnc1)C1NNC2CCC(c3cncc(CN4CCCCC4)c3)CC21. The summed E-state index contributed by atoms with van der Waals surface area (Å²) < 4.78 is 0. The van der Waals surface area contributed by atoms with E-state index in [0.717, 1.165) is 31.5 Å². The van der Waals surface area contributed by atoms with E-state index in [-0.39, 0.29) is 17.9 Å². The number of piperidine rings is 1. The first-order valence-electron chi connectivity index (χ1n) is 11.6. The van der Waals surface area contributed by atoms with Crippen molar-refractivity contribution in [3.63, 3.8) is 0 Å². The summed E-state index contributed by atoms with van der Waals surface area (Å²) in [5.74, 6) is 0.720. The van der Waals surface area contributed by atoms with Gasteiger partial charge in [0.15, 0.2) is 0 Å². The lowest BCUT2D eigenvalue weighted by Crippen LogP contribution is -2.42. The largest absolute Gasteiger partial charge is 0.323 e. The Kier molecular flexibility index (Phi) is 6.25. The van der Waals surface area contributed by atoms with Crippen LogP contribution in [0.5, 0.6) is 0 Å². The molecule has 4 unspecified atom stereocenters. The summed E-state index contributed by atoms with van der Waals surface area (Å²) in [6.07, 6.45) is 14.6. The summed E-state index contributed by atoms with van der Waals surface area (Å²) in [5, 5.41) is 3.00. The molecule has 3 N–H and O–H groups in total. The molecule has 4 heterocycles. The third kappa shape index (κ3) is 4.79. The molecule has 2 aromatic rings. The van der Waals surface area contributed by atoms with Crippen molar-refractivity contribution in [2.75, 3.05) is 18.4 Å². The number of nitrogens with zero attached hydrogens (tertiary/aromatic N) is 3. The fourth-order valence-electron chi connectivity index (χ4n) is 5.47. The molecule has 5 rings (SSSR count). The Morgan fingerprint density at radius 3 is 2.84 bits per heavy atom. The highest BCUT2D eigenvalue weighted by Crippen LogP contribution is 2.39. The zero-order valence-electron chi connectivity index (χ0n) is 18.0. The maximum atomic E-state index is 12.9. The topological polar surface area (TPSA) is 82.2 Å². The molecule has 7 heteroatoms. The van der Waals surface area contributed by atoms with Gasteiger partial charge >= 0.3 is 0 Å². The lowest BCUT2D eigenvalue weighted by molar-refractivity contribution is -0.119. The quantitative estimate of drug-likeness (QED) is 0.690. The Bertz CT molecular complexity index is 885. The van der Waals surface area contributed by atoms with Gasteiger partial charge in [0.25, 0.3) is 0 Å². The molecule has 2 aliphatic heterocycles. The first kappa shape index (κ1) is 20.5. The molecule has 7 nitrogen and oxygen atoms in total. The lowest BCUT2D eigenvalue weighted by Gasteiger charge is -2.33. The van der Waals surface area contributed by atoms with Crippen molar-refractivity contribution in [2.24, 2.45) is 5.92 Å². The number of aromatic nitrogens is 2. The number of anilines is 1. The molecule has 0 radical (unpaired) electrons. The van der Waals surface area contributed by atoms with E-state index in [1.807, 2.05) is 24.5 Å². The number of hydrazine groups is 1. The molecule has 3 fully saturated rings. The van der Waals surface area contributed by atoms with Gasteiger partial charge in [-0.3, -0.25) is 25.1 Å². The highest BCUT2D eigenvalue weighted by atomic mass is 16.2. The van der Waals surface area contributed by atoms with Gasteiger partial charge < -0.3 is 5.32 Å². The van der Waals surface area contributed by atoms with Crippen molar-refractivity contribution in [3.8, 4) is 0 Å². The van der Waals surface area contributed by atoms with Gasteiger partial charge in [-0.25, -0.2) is 5.43 Å². The van der Waals surface area contributed by atoms with E-state index in [4.69, 9.17) is 0 Å². The van der Waals surface area contributed by atoms with Gasteiger partial charge in [-0.15, -0.1) is 0 Å². The number of rotatable bonds is 5. The predicted molar refractivity (Wildman–Crippen MR) is 120 cm³/mol. The summed E-state index contributed by atoms with van der Waals surface area (Å²) >= 11 is 0. The zero-order chi connectivity index (χ0) is 21.0. The van der Waals surface area contributed by atoms with Gasteiger partial charge in [-0.1, -0.05) is 12.5 Å². The van der Waals surface area contributed by atoms with Crippen molar-refractivity contribution in [1.82, 2.24) is 25.7 Å². The van der Waals surface area contributed by atoms with Crippen LogP contribution in [-0.4, -0.2) is 45.9 Å². The third-order valence-electron chi connectivity index (χ3n) is 7.11. The van der Waals surface area contributed by atoms with E-state index in [9.17, 15) is 4.79 Å². The Balaban J connectivity index is 1.25. The van der Waals surface area contributed by atoms with Crippen LogP contribution in [-0.2, 0) is 11.3 Å². The molecule has 1 saturated carbocycles. The van der Waals surface area contributed by atoms with Crippen molar-refractivity contribution in [2.45, 2.75) is 63.1 Å². The Hall–Kier alpha value is -2.35. The predicted octanol–water partition coefficient (Wildman–Crippen LogP) is 2.83. The number of carbonyl (C=O) groups is 1. The maximum Gasteiger partial charge on any atom is 0.243 e. The van der Waals surface area contributed by atoms with E-state index in [1.54, 1.807) is 12.4 Å². The van der Waals surface area contributed by atoms with Gasteiger partial charge in [0.1, 0.15) is 6.04 Å². The van der Waals surface area contributed by atoms with Crippen molar-refractivity contribution in [1.29, 1.82) is 0 Å². The molecule has 2 aromatic heterocycles. The average Bonchev–Trinajstić information content (AvgIpc) is 3.24.